The van der Waals surface area contributed by atoms with E-state index in [1.807, 2.05) is 6.20 Å². The van der Waals surface area contributed by atoms with Gasteiger partial charge < -0.3 is 4.98 Å². The number of H-pyrrole nitrogens is 1. The fourth-order valence-electron chi connectivity index (χ4n) is 1.53. The Morgan fingerprint density at radius 3 is 2.87 bits per heavy atom. The predicted octanol–water partition coefficient (Wildman–Crippen LogP) is 3.28. The van der Waals surface area contributed by atoms with E-state index >= 15 is 0 Å². The van der Waals surface area contributed by atoms with Gasteiger partial charge in [-0.05, 0) is 5.56 Å². The van der Waals surface area contributed by atoms with Crippen molar-refractivity contribution >= 4 is 38.6 Å². The summed E-state index contributed by atoms with van der Waals surface area (Å²) >= 11 is 9.58. The van der Waals surface area contributed by atoms with E-state index in [9.17, 15) is 0 Å². The van der Waals surface area contributed by atoms with Crippen molar-refractivity contribution in [2.75, 3.05) is 5.33 Å². The van der Waals surface area contributed by atoms with E-state index in [1.165, 1.54) is 6.33 Å². The molecule has 0 aliphatic carbocycles. The zero-order valence-electron chi connectivity index (χ0n) is 8.51. The van der Waals surface area contributed by atoms with Gasteiger partial charge in [0.05, 0.1) is 5.39 Å². The number of nitrogens with one attached hydrogen (secondary N) is 1. The monoisotopic (exact) mass is 287 g/mol. The smallest absolute Gasteiger partial charge is 0.142 e. The van der Waals surface area contributed by atoms with Crippen LogP contribution in [-0.2, 0) is 5.41 Å². The van der Waals surface area contributed by atoms with Crippen LogP contribution in [0.2, 0.25) is 5.15 Å². The summed E-state index contributed by atoms with van der Waals surface area (Å²) in [6.07, 6.45) is 3.42. The maximum absolute atomic E-state index is 6.08. The minimum Gasteiger partial charge on any atom is -0.346 e. The Hall–Kier alpha value is -0.610. The van der Waals surface area contributed by atoms with Gasteiger partial charge >= 0.3 is 0 Å². The average molecular weight is 289 g/mol. The second kappa shape index (κ2) is 3.76. The quantitative estimate of drug-likeness (QED) is 0.680. The first-order valence-electron chi connectivity index (χ1n) is 4.60. The number of aromatic nitrogens is 3. The lowest BCUT2D eigenvalue weighted by Crippen LogP contribution is -2.18. The second-order valence-corrected chi connectivity index (χ2v) is 5.03. The molecule has 0 aliphatic heterocycles. The fraction of sp³-hybridized carbons (Fsp3) is 0.400. The molecule has 0 aromatic carbocycles. The van der Waals surface area contributed by atoms with E-state index in [4.69, 9.17) is 11.6 Å². The molecule has 5 heteroatoms. The van der Waals surface area contributed by atoms with Crippen molar-refractivity contribution in [2.45, 2.75) is 19.3 Å². The van der Waals surface area contributed by atoms with E-state index < -0.39 is 0 Å². The van der Waals surface area contributed by atoms with Crippen LogP contribution < -0.4 is 0 Å². The molecule has 2 aromatic heterocycles. The van der Waals surface area contributed by atoms with Gasteiger partial charge in [0, 0.05) is 16.9 Å². The largest absolute Gasteiger partial charge is 0.346 e. The van der Waals surface area contributed by atoms with Crippen LogP contribution in [0, 0.1) is 0 Å². The van der Waals surface area contributed by atoms with Crippen molar-refractivity contribution in [3.63, 3.8) is 0 Å². The van der Waals surface area contributed by atoms with E-state index in [0.717, 1.165) is 21.9 Å². The Balaban J connectivity index is 2.73. The third-order valence-corrected chi connectivity index (χ3v) is 4.18. The SMILES string of the molecule is CC(C)(CBr)c1c[nH]c2ncnc(Cl)c12. The van der Waals surface area contributed by atoms with Crippen LogP contribution in [0.5, 0.6) is 0 Å². The normalized spacial score (nSPS) is 12.3. The Morgan fingerprint density at radius 2 is 2.20 bits per heavy atom. The molecule has 0 aliphatic rings. The number of nitrogens with zero attached hydrogens (tertiary/aromatic N) is 2. The molecule has 0 radical (unpaired) electrons. The summed E-state index contributed by atoms with van der Waals surface area (Å²) in [5.74, 6) is 0. The predicted molar refractivity (Wildman–Crippen MR) is 65.7 cm³/mol. The van der Waals surface area contributed by atoms with Crippen molar-refractivity contribution in [1.82, 2.24) is 15.0 Å². The second-order valence-electron chi connectivity index (χ2n) is 4.11. The minimum atomic E-state index is 0.00655. The summed E-state index contributed by atoms with van der Waals surface area (Å²) < 4.78 is 0. The number of fused-ring (bicyclic) bond motifs is 1. The summed E-state index contributed by atoms with van der Waals surface area (Å²) in [6, 6.07) is 0. The zero-order chi connectivity index (χ0) is 11.1. The van der Waals surface area contributed by atoms with Crippen LogP contribution in [0.15, 0.2) is 12.5 Å². The first-order chi connectivity index (χ1) is 7.06. The van der Waals surface area contributed by atoms with Crippen molar-refractivity contribution < 1.29 is 0 Å². The Labute approximate surface area is 101 Å². The van der Waals surface area contributed by atoms with E-state index in [0.29, 0.717) is 5.15 Å². The van der Waals surface area contributed by atoms with Gasteiger partial charge in [-0.15, -0.1) is 0 Å². The molecule has 3 nitrogen and oxygen atoms in total. The van der Waals surface area contributed by atoms with Gasteiger partial charge in [-0.3, -0.25) is 0 Å². The lowest BCUT2D eigenvalue weighted by atomic mass is 9.87. The highest BCUT2D eigenvalue weighted by Crippen LogP contribution is 2.33. The van der Waals surface area contributed by atoms with Crippen LogP contribution in [0.1, 0.15) is 19.4 Å². The van der Waals surface area contributed by atoms with Crippen molar-refractivity contribution in [2.24, 2.45) is 0 Å². The van der Waals surface area contributed by atoms with Crippen LogP contribution in [0.4, 0.5) is 0 Å². The minimum absolute atomic E-state index is 0.00655. The number of aromatic amines is 1. The maximum atomic E-state index is 6.08. The Bertz CT molecular complexity index is 492. The van der Waals surface area contributed by atoms with E-state index in [-0.39, 0.29) is 5.41 Å². The first kappa shape index (κ1) is 10.9. The van der Waals surface area contributed by atoms with Gasteiger partial charge in [-0.25, -0.2) is 9.97 Å². The Kier molecular flexibility index (Phi) is 2.73. The molecular weight excluding hydrogens is 277 g/mol. The van der Waals surface area contributed by atoms with Gasteiger partial charge in [0.15, 0.2) is 0 Å². The molecule has 2 heterocycles. The molecular formula is C10H11BrClN3. The van der Waals surface area contributed by atoms with Crippen molar-refractivity contribution in [3.8, 4) is 0 Å². The molecule has 0 saturated carbocycles. The number of rotatable bonds is 2. The van der Waals surface area contributed by atoms with Gasteiger partial charge in [-0.2, -0.15) is 0 Å². The molecule has 0 spiro atoms. The topological polar surface area (TPSA) is 41.6 Å². The van der Waals surface area contributed by atoms with E-state index in [1.54, 1.807) is 0 Å². The molecule has 1 N–H and O–H groups in total. The highest BCUT2D eigenvalue weighted by molar-refractivity contribution is 9.09. The van der Waals surface area contributed by atoms with Gasteiger partial charge in [0.1, 0.15) is 17.1 Å². The molecule has 2 rings (SSSR count). The Morgan fingerprint density at radius 1 is 1.47 bits per heavy atom. The first-order valence-corrected chi connectivity index (χ1v) is 6.10. The number of hydrogen-bond donors (Lipinski definition) is 1. The lowest BCUT2D eigenvalue weighted by molar-refractivity contribution is 0.612. The van der Waals surface area contributed by atoms with E-state index in [2.05, 4.69) is 44.7 Å². The van der Waals surface area contributed by atoms with Crippen LogP contribution in [-0.4, -0.2) is 20.3 Å². The fourth-order valence-corrected chi connectivity index (χ4v) is 2.07. The standard InChI is InChI=1S/C10H11BrClN3/c1-10(2,4-11)6-3-13-9-7(6)8(12)14-5-15-9/h3,5H,4H2,1-2H3,(H,13,14,15). The molecule has 0 fully saturated rings. The summed E-state index contributed by atoms with van der Waals surface area (Å²) in [4.78, 5) is 11.3. The van der Waals surface area contributed by atoms with Gasteiger partial charge in [0.25, 0.3) is 0 Å². The third-order valence-electron chi connectivity index (χ3n) is 2.49. The third kappa shape index (κ3) is 1.76. The summed E-state index contributed by atoms with van der Waals surface area (Å²) in [6.45, 7) is 4.29. The maximum Gasteiger partial charge on any atom is 0.142 e. The zero-order valence-corrected chi connectivity index (χ0v) is 10.9. The van der Waals surface area contributed by atoms with Gasteiger partial charge in [0.2, 0.25) is 0 Å². The highest BCUT2D eigenvalue weighted by Gasteiger charge is 2.24. The summed E-state index contributed by atoms with van der Waals surface area (Å²) in [7, 11) is 0. The molecule has 2 aromatic rings. The number of halogens is 2. The molecule has 0 saturated heterocycles. The number of hydrogen-bond acceptors (Lipinski definition) is 2. The van der Waals surface area contributed by atoms with Gasteiger partial charge in [-0.1, -0.05) is 41.4 Å². The molecule has 0 amide bonds. The van der Waals surface area contributed by atoms with Crippen LogP contribution in [0.25, 0.3) is 11.0 Å². The molecule has 15 heavy (non-hydrogen) atoms. The lowest BCUT2D eigenvalue weighted by Gasteiger charge is -2.20. The van der Waals surface area contributed by atoms with Crippen LogP contribution >= 0.6 is 27.5 Å². The summed E-state index contributed by atoms with van der Waals surface area (Å²) in [5.41, 5.74) is 1.94. The molecule has 0 atom stereocenters. The molecule has 0 unspecified atom stereocenters. The van der Waals surface area contributed by atoms with Crippen molar-refractivity contribution in [3.05, 3.63) is 23.2 Å². The highest BCUT2D eigenvalue weighted by atomic mass is 79.9. The summed E-state index contributed by atoms with van der Waals surface area (Å²) in [5, 5.41) is 2.28. The molecule has 80 valence electrons. The van der Waals surface area contributed by atoms with Crippen molar-refractivity contribution in [1.29, 1.82) is 0 Å². The molecule has 0 bridgehead atoms. The number of alkyl halides is 1. The van der Waals surface area contributed by atoms with Crippen LogP contribution in [0.3, 0.4) is 0 Å². The average Bonchev–Trinajstić information content (AvgIpc) is 2.63.